The standard InChI is InChI=1S/C17H19FN2O4S2/c18-13-3-1-5-15(9-13)26(23,24)19-14-4-2-7-20(10-14)16(17(21)22)12-6-8-25-11-12/h1,3,5-6,8-9,11,14,16,19H,2,4,7,10H2,(H,21,22). The first-order chi connectivity index (χ1) is 12.4. The van der Waals surface area contributed by atoms with E-state index in [2.05, 4.69) is 4.72 Å². The Kier molecular flexibility index (Phi) is 5.71. The Balaban J connectivity index is 1.75. The minimum atomic E-state index is -3.87. The summed E-state index contributed by atoms with van der Waals surface area (Å²) in [5, 5.41) is 13.2. The number of aliphatic carboxylic acids is 1. The number of likely N-dealkylation sites (tertiary alicyclic amines) is 1. The molecule has 0 radical (unpaired) electrons. The summed E-state index contributed by atoms with van der Waals surface area (Å²) in [6.07, 6.45) is 1.27. The molecule has 1 aliphatic heterocycles. The van der Waals surface area contributed by atoms with Crippen molar-refractivity contribution in [1.29, 1.82) is 0 Å². The van der Waals surface area contributed by atoms with E-state index < -0.39 is 33.9 Å². The highest BCUT2D eigenvalue weighted by atomic mass is 32.2. The number of benzene rings is 1. The largest absolute Gasteiger partial charge is 0.480 e. The second kappa shape index (κ2) is 7.83. The number of nitrogens with one attached hydrogen (secondary N) is 1. The Bertz CT molecular complexity index is 871. The number of sulfonamides is 1. The second-order valence-electron chi connectivity index (χ2n) is 6.21. The van der Waals surface area contributed by atoms with Crippen LogP contribution in [0.3, 0.4) is 0 Å². The van der Waals surface area contributed by atoms with E-state index in [1.807, 2.05) is 5.38 Å². The molecule has 0 spiro atoms. The first-order valence-electron chi connectivity index (χ1n) is 8.13. The fourth-order valence-electron chi connectivity index (χ4n) is 3.20. The average molecular weight is 398 g/mol. The highest BCUT2D eigenvalue weighted by Gasteiger charge is 2.33. The molecule has 2 unspecified atom stereocenters. The lowest BCUT2D eigenvalue weighted by atomic mass is 10.0. The number of hydrogen-bond donors (Lipinski definition) is 2. The zero-order chi connectivity index (χ0) is 18.7. The number of carboxylic acid groups (broad SMARTS) is 1. The van der Waals surface area contributed by atoms with E-state index in [1.54, 1.807) is 16.3 Å². The number of nitrogens with zero attached hydrogens (tertiary/aromatic N) is 1. The average Bonchev–Trinajstić information content (AvgIpc) is 3.08. The first-order valence-corrected chi connectivity index (χ1v) is 10.6. The monoisotopic (exact) mass is 398 g/mol. The Morgan fingerprint density at radius 2 is 2.19 bits per heavy atom. The van der Waals surface area contributed by atoms with Crippen LogP contribution in [-0.2, 0) is 14.8 Å². The lowest BCUT2D eigenvalue weighted by Crippen LogP contribution is -2.49. The van der Waals surface area contributed by atoms with Crippen LogP contribution >= 0.6 is 11.3 Å². The van der Waals surface area contributed by atoms with Crippen molar-refractivity contribution in [3.63, 3.8) is 0 Å². The van der Waals surface area contributed by atoms with Crippen molar-refractivity contribution >= 4 is 27.3 Å². The number of hydrogen-bond acceptors (Lipinski definition) is 5. The molecule has 3 rings (SSSR count). The molecule has 6 nitrogen and oxygen atoms in total. The highest BCUT2D eigenvalue weighted by molar-refractivity contribution is 7.89. The minimum Gasteiger partial charge on any atom is -0.480 e. The quantitative estimate of drug-likeness (QED) is 0.781. The molecule has 2 N–H and O–H groups in total. The molecule has 2 atom stereocenters. The maximum atomic E-state index is 13.3. The molecule has 1 saturated heterocycles. The fraction of sp³-hybridized carbons (Fsp3) is 0.353. The van der Waals surface area contributed by atoms with Crippen LogP contribution < -0.4 is 4.72 Å². The number of rotatable bonds is 6. The number of thiophene rings is 1. The maximum Gasteiger partial charge on any atom is 0.325 e. The van der Waals surface area contributed by atoms with Crippen molar-refractivity contribution in [2.75, 3.05) is 13.1 Å². The van der Waals surface area contributed by atoms with Gasteiger partial charge in [-0.15, -0.1) is 0 Å². The summed E-state index contributed by atoms with van der Waals surface area (Å²) < 4.78 is 40.9. The summed E-state index contributed by atoms with van der Waals surface area (Å²) in [7, 11) is -3.87. The fourth-order valence-corrected chi connectivity index (χ4v) is 5.17. The van der Waals surface area contributed by atoms with Crippen molar-refractivity contribution in [2.45, 2.75) is 29.8 Å². The van der Waals surface area contributed by atoms with Crippen LogP contribution in [-0.4, -0.2) is 43.5 Å². The molecule has 0 aliphatic carbocycles. The van der Waals surface area contributed by atoms with Gasteiger partial charge in [0.05, 0.1) is 4.90 Å². The molecule has 1 aromatic carbocycles. The molecule has 2 heterocycles. The smallest absolute Gasteiger partial charge is 0.325 e. The van der Waals surface area contributed by atoms with Crippen LogP contribution in [0.25, 0.3) is 0 Å². The number of carboxylic acids is 1. The number of piperidine rings is 1. The van der Waals surface area contributed by atoms with Gasteiger partial charge in [-0.2, -0.15) is 11.3 Å². The van der Waals surface area contributed by atoms with Gasteiger partial charge in [0.1, 0.15) is 11.9 Å². The second-order valence-corrected chi connectivity index (χ2v) is 8.70. The van der Waals surface area contributed by atoms with Crippen molar-refractivity contribution < 1.29 is 22.7 Å². The van der Waals surface area contributed by atoms with Gasteiger partial charge in [0.25, 0.3) is 0 Å². The topological polar surface area (TPSA) is 86.7 Å². The first kappa shape index (κ1) is 19.0. The van der Waals surface area contributed by atoms with Gasteiger partial charge >= 0.3 is 5.97 Å². The van der Waals surface area contributed by atoms with Crippen molar-refractivity contribution in [3.8, 4) is 0 Å². The van der Waals surface area contributed by atoms with Crippen LogP contribution in [0.5, 0.6) is 0 Å². The highest BCUT2D eigenvalue weighted by Crippen LogP contribution is 2.27. The molecule has 1 fully saturated rings. The van der Waals surface area contributed by atoms with E-state index in [9.17, 15) is 22.7 Å². The lowest BCUT2D eigenvalue weighted by Gasteiger charge is -2.36. The van der Waals surface area contributed by atoms with Gasteiger partial charge in [-0.3, -0.25) is 9.69 Å². The zero-order valence-corrected chi connectivity index (χ0v) is 15.5. The van der Waals surface area contributed by atoms with E-state index in [-0.39, 0.29) is 11.4 Å². The molecule has 1 aromatic heterocycles. The SMILES string of the molecule is O=C(O)C(c1ccsc1)N1CCCC(NS(=O)(=O)c2cccc(F)c2)C1. The lowest BCUT2D eigenvalue weighted by molar-refractivity contribution is -0.144. The van der Waals surface area contributed by atoms with Crippen molar-refractivity contribution in [3.05, 3.63) is 52.5 Å². The molecule has 140 valence electrons. The van der Waals surface area contributed by atoms with Crippen LogP contribution in [0.4, 0.5) is 4.39 Å². The van der Waals surface area contributed by atoms with Gasteiger partial charge in [-0.1, -0.05) is 6.07 Å². The van der Waals surface area contributed by atoms with Crippen LogP contribution in [0.2, 0.25) is 0 Å². The summed E-state index contributed by atoms with van der Waals surface area (Å²) >= 11 is 1.42. The maximum absolute atomic E-state index is 13.3. The summed E-state index contributed by atoms with van der Waals surface area (Å²) in [5.74, 6) is -1.58. The number of halogens is 1. The van der Waals surface area contributed by atoms with Gasteiger partial charge in [0.15, 0.2) is 0 Å². The number of carbonyl (C=O) groups is 1. The van der Waals surface area contributed by atoms with Crippen molar-refractivity contribution in [1.82, 2.24) is 9.62 Å². The molecule has 9 heteroatoms. The van der Waals surface area contributed by atoms with E-state index in [4.69, 9.17) is 0 Å². The van der Waals surface area contributed by atoms with E-state index in [1.165, 1.54) is 29.5 Å². The molecule has 0 bridgehead atoms. The van der Waals surface area contributed by atoms with Gasteiger partial charge < -0.3 is 5.11 Å². The molecule has 0 saturated carbocycles. The summed E-state index contributed by atoms with van der Waals surface area (Å²) in [6.45, 7) is 0.854. The van der Waals surface area contributed by atoms with E-state index in [0.717, 1.165) is 6.07 Å². The van der Waals surface area contributed by atoms with Gasteiger partial charge in [0.2, 0.25) is 10.0 Å². The Hall–Kier alpha value is -1.81. The zero-order valence-electron chi connectivity index (χ0n) is 13.8. The predicted octanol–water partition coefficient (Wildman–Crippen LogP) is 2.46. The van der Waals surface area contributed by atoms with Crippen LogP contribution in [0.15, 0.2) is 46.0 Å². The normalized spacial score (nSPS) is 20.0. The Labute approximate surface area is 155 Å². The summed E-state index contributed by atoms with van der Waals surface area (Å²) in [5.41, 5.74) is 0.691. The summed E-state index contributed by atoms with van der Waals surface area (Å²) in [6, 6.07) is 5.35. The van der Waals surface area contributed by atoms with Crippen LogP contribution in [0.1, 0.15) is 24.4 Å². The molecule has 26 heavy (non-hydrogen) atoms. The van der Waals surface area contributed by atoms with E-state index >= 15 is 0 Å². The molecule has 1 aliphatic rings. The molecule has 2 aromatic rings. The molecular formula is C17H19FN2O4S2. The van der Waals surface area contributed by atoms with Gasteiger partial charge in [0, 0.05) is 12.6 Å². The van der Waals surface area contributed by atoms with Crippen molar-refractivity contribution in [2.24, 2.45) is 0 Å². The van der Waals surface area contributed by atoms with Gasteiger partial charge in [-0.25, -0.2) is 17.5 Å². The third-order valence-corrected chi connectivity index (χ3v) is 6.56. The third-order valence-electron chi connectivity index (χ3n) is 4.34. The van der Waals surface area contributed by atoms with Crippen LogP contribution in [0, 0.1) is 5.82 Å². The Morgan fingerprint density at radius 1 is 1.38 bits per heavy atom. The molecular weight excluding hydrogens is 379 g/mol. The summed E-state index contributed by atoms with van der Waals surface area (Å²) in [4.78, 5) is 13.4. The minimum absolute atomic E-state index is 0.137. The third kappa shape index (κ3) is 4.29. The van der Waals surface area contributed by atoms with Gasteiger partial charge in [-0.05, 0) is 60.0 Å². The predicted molar refractivity (Wildman–Crippen MR) is 96.0 cm³/mol. The molecule has 0 amide bonds. The van der Waals surface area contributed by atoms with E-state index in [0.29, 0.717) is 24.9 Å². The Morgan fingerprint density at radius 3 is 2.85 bits per heavy atom.